The first-order valence-electron chi connectivity index (χ1n) is 11.0. The first kappa shape index (κ1) is 25.5. The van der Waals surface area contributed by atoms with Gasteiger partial charge in [-0.1, -0.05) is 6.07 Å². The van der Waals surface area contributed by atoms with E-state index >= 15 is 0 Å². The van der Waals surface area contributed by atoms with Gasteiger partial charge in [-0.15, -0.1) is 0 Å². The van der Waals surface area contributed by atoms with E-state index in [0.29, 0.717) is 23.2 Å². The zero-order chi connectivity index (χ0) is 24.9. The number of carbonyl (C=O) groups is 4. The number of urea groups is 1. The number of likely N-dealkylation sites (tertiary alicyclic amines) is 1. The lowest BCUT2D eigenvalue weighted by molar-refractivity contribution is -0.192. The van der Waals surface area contributed by atoms with Crippen LogP contribution in [0, 0.1) is 5.41 Å². The Morgan fingerprint density at radius 3 is 2.18 bits per heavy atom. The number of carboxylic acid groups (broad SMARTS) is 1. The van der Waals surface area contributed by atoms with E-state index in [1.165, 1.54) is 17.7 Å². The number of hydrogen-bond acceptors (Lipinski definition) is 5. The van der Waals surface area contributed by atoms with E-state index in [2.05, 4.69) is 10.6 Å². The lowest BCUT2D eigenvalue weighted by atomic mass is 9.71. The third kappa shape index (κ3) is 6.25. The van der Waals surface area contributed by atoms with E-state index in [-0.39, 0.29) is 18.2 Å². The van der Waals surface area contributed by atoms with Crippen LogP contribution < -0.4 is 15.5 Å². The molecular weight excluding hydrogens is 457 g/mol. The molecule has 0 radical (unpaired) electrons. The normalized spacial score (nSPS) is 20.3. The highest BCUT2D eigenvalue weighted by molar-refractivity contribution is 6.06. The lowest BCUT2D eigenvalue weighted by Gasteiger charge is -2.44. The number of carboxylic acids is 1. The van der Waals surface area contributed by atoms with Crippen LogP contribution in [0.5, 0.6) is 0 Å². The molecule has 3 saturated heterocycles. The number of piperidine rings is 2. The monoisotopic (exact) mass is 484 g/mol. The van der Waals surface area contributed by atoms with Gasteiger partial charge >= 0.3 is 18.2 Å². The van der Waals surface area contributed by atoms with Gasteiger partial charge in [0, 0.05) is 37.3 Å². The molecule has 1 aromatic rings. The van der Waals surface area contributed by atoms with E-state index in [1.807, 2.05) is 4.90 Å². The van der Waals surface area contributed by atoms with Crippen LogP contribution in [0.4, 0.5) is 23.7 Å². The van der Waals surface area contributed by atoms with Gasteiger partial charge in [0.1, 0.15) is 0 Å². The molecule has 4 rings (SSSR count). The third-order valence-electron chi connectivity index (χ3n) is 6.48. The van der Waals surface area contributed by atoms with Gasteiger partial charge < -0.3 is 15.3 Å². The topological polar surface area (TPSA) is 119 Å². The highest BCUT2D eigenvalue weighted by Crippen LogP contribution is 2.39. The van der Waals surface area contributed by atoms with Crippen LogP contribution in [0.3, 0.4) is 0 Å². The predicted molar refractivity (Wildman–Crippen MR) is 115 cm³/mol. The minimum Gasteiger partial charge on any atom is -0.475 e. The number of nitrogens with one attached hydrogen (secondary N) is 2. The average Bonchev–Trinajstić information content (AvgIpc) is 2.79. The van der Waals surface area contributed by atoms with Crippen molar-refractivity contribution in [3.8, 4) is 0 Å². The number of halogens is 3. The summed E-state index contributed by atoms with van der Waals surface area (Å²) in [6.07, 6.45) is -0.277. The van der Waals surface area contributed by atoms with Crippen LogP contribution in [0.25, 0.3) is 0 Å². The van der Waals surface area contributed by atoms with E-state index < -0.39 is 18.2 Å². The number of aliphatic carboxylic acids is 1. The fourth-order valence-electron chi connectivity index (χ4n) is 4.44. The van der Waals surface area contributed by atoms with Crippen LogP contribution in [-0.2, 0) is 9.59 Å². The van der Waals surface area contributed by atoms with Crippen molar-refractivity contribution in [2.45, 2.75) is 38.3 Å². The third-order valence-corrected chi connectivity index (χ3v) is 6.48. The van der Waals surface area contributed by atoms with Crippen molar-refractivity contribution in [3.63, 3.8) is 0 Å². The highest BCUT2D eigenvalue weighted by atomic mass is 19.4. The molecule has 3 N–H and O–H groups in total. The summed E-state index contributed by atoms with van der Waals surface area (Å²) in [4.78, 5) is 48.7. The molecule has 0 saturated carbocycles. The molecule has 12 heteroatoms. The lowest BCUT2D eigenvalue weighted by Crippen LogP contribution is -2.49. The first-order valence-corrected chi connectivity index (χ1v) is 11.0. The Labute approximate surface area is 194 Å². The molecule has 1 aromatic carbocycles. The second kappa shape index (κ2) is 10.4. The van der Waals surface area contributed by atoms with Crippen molar-refractivity contribution in [1.82, 2.24) is 15.5 Å². The summed E-state index contributed by atoms with van der Waals surface area (Å²) >= 11 is 0. The number of carbonyl (C=O) groups excluding carboxylic acids is 3. The van der Waals surface area contributed by atoms with Gasteiger partial charge in [-0.3, -0.25) is 19.8 Å². The first-order chi connectivity index (χ1) is 16.0. The number of anilines is 1. The van der Waals surface area contributed by atoms with Crippen molar-refractivity contribution in [3.05, 3.63) is 29.8 Å². The molecule has 34 heavy (non-hydrogen) atoms. The summed E-state index contributed by atoms with van der Waals surface area (Å²) < 4.78 is 31.7. The zero-order valence-electron chi connectivity index (χ0n) is 18.5. The molecule has 3 aliphatic heterocycles. The average molecular weight is 484 g/mol. The molecule has 1 spiro atoms. The minimum atomic E-state index is -5.08. The van der Waals surface area contributed by atoms with Gasteiger partial charge in [-0.05, 0) is 62.4 Å². The van der Waals surface area contributed by atoms with Gasteiger partial charge in [-0.25, -0.2) is 9.59 Å². The second-order valence-electron chi connectivity index (χ2n) is 8.65. The Morgan fingerprint density at radius 2 is 1.62 bits per heavy atom. The highest BCUT2D eigenvalue weighted by Gasteiger charge is 2.38. The Balaban J connectivity index is 0.000000406. The number of imide groups is 1. The van der Waals surface area contributed by atoms with Crippen molar-refractivity contribution in [2.75, 3.05) is 37.6 Å². The molecular formula is C22H27F3N4O5. The van der Waals surface area contributed by atoms with Crippen LogP contribution in [0.15, 0.2) is 24.3 Å². The maximum Gasteiger partial charge on any atom is 0.490 e. The molecule has 0 unspecified atom stereocenters. The maximum absolute atomic E-state index is 13.0. The summed E-state index contributed by atoms with van der Waals surface area (Å²) in [6, 6.07) is 6.72. The van der Waals surface area contributed by atoms with Crippen molar-refractivity contribution in [2.24, 2.45) is 5.41 Å². The summed E-state index contributed by atoms with van der Waals surface area (Å²) in [5, 5.41) is 12.9. The number of benzene rings is 1. The van der Waals surface area contributed by atoms with E-state index in [9.17, 15) is 27.6 Å². The second-order valence-corrected chi connectivity index (χ2v) is 8.65. The van der Waals surface area contributed by atoms with Gasteiger partial charge in [-0.2, -0.15) is 13.2 Å². The largest absolute Gasteiger partial charge is 0.490 e. The number of amides is 4. The molecule has 186 valence electrons. The Bertz CT molecular complexity index is 937. The van der Waals surface area contributed by atoms with Crippen molar-refractivity contribution < 1.29 is 37.5 Å². The Morgan fingerprint density at radius 1 is 1.00 bits per heavy atom. The molecule has 4 amide bonds. The van der Waals surface area contributed by atoms with Gasteiger partial charge in [0.15, 0.2) is 0 Å². The molecule has 3 fully saturated rings. The number of rotatable bonds is 2. The summed E-state index contributed by atoms with van der Waals surface area (Å²) in [5.74, 6) is -3.00. The molecule has 3 heterocycles. The summed E-state index contributed by atoms with van der Waals surface area (Å²) in [6.45, 7) is 4.08. The summed E-state index contributed by atoms with van der Waals surface area (Å²) in [7, 11) is 0. The van der Waals surface area contributed by atoms with Crippen LogP contribution in [-0.4, -0.2) is 72.7 Å². The van der Waals surface area contributed by atoms with E-state index in [0.717, 1.165) is 39.0 Å². The van der Waals surface area contributed by atoms with Crippen molar-refractivity contribution >= 4 is 29.5 Å². The fraction of sp³-hybridized carbons (Fsp3) is 0.545. The van der Waals surface area contributed by atoms with Crippen molar-refractivity contribution in [1.29, 1.82) is 0 Å². The van der Waals surface area contributed by atoms with Crippen LogP contribution >= 0.6 is 0 Å². The van der Waals surface area contributed by atoms with Crippen LogP contribution in [0.2, 0.25) is 0 Å². The molecule has 0 atom stereocenters. The number of hydrogen-bond donors (Lipinski definition) is 3. The standard InChI is InChI=1S/C20H26N4O3.C2HF3O2/c25-17-4-11-24(19(27)22-17)16-3-1-2-15(14-16)18(26)23-12-7-20(8-13-23)5-9-21-10-6-20;3-2(4,5)1(6)7/h1-3,14,21H,4-13H2,(H,22,25,27);(H,6,7). The molecule has 0 aromatic heterocycles. The molecule has 3 aliphatic rings. The Kier molecular flexibility index (Phi) is 7.80. The molecule has 9 nitrogen and oxygen atoms in total. The minimum absolute atomic E-state index is 0.0223. The van der Waals surface area contributed by atoms with Gasteiger partial charge in [0.2, 0.25) is 5.91 Å². The van der Waals surface area contributed by atoms with Gasteiger partial charge in [0.25, 0.3) is 5.91 Å². The smallest absolute Gasteiger partial charge is 0.475 e. The molecule has 0 bridgehead atoms. The SMILES string of the molecule is O=C(O)C(F)(F)F.O=C1CCN(c2cccc(C(=O)N3CCC4(CCNCC4)CC3)c2)C(=O)N1. The maximum atomic E-state index is 13.0. The predicted octanol–water partition coefficient (Wildman–Crippen LogP) is 2.37. The molecule has 0 aliphatic carbocycles. The summed E-state index contributed by atoms with van der Waals surface area (Å²) in [5.41, 5.74) is 1.65. The zero-order valence-corrected chi connectivity index (χ0v) is 18.5. The quantitative estimate of drug-likeness (QED) is 0.593. The van der Waals surface area contributed by atoms with E-state index in [1.54, 1.807) is 24.3 Å². The Hall–Kier alpha value is -3.15. The van der Waals surface area contributed by atoms with Gasteiger partial charge in [0.05, 0.1) is 0 Å². The van der Waals surface area contributed by atoms with Crippen LogP contribution in [0.1, 0.15) is 42.5 Å². The number of nitrogens with zero attached hydrogens (tertiary/aromatic N) is 2. The van der Waals surface area contributed by atoms with E-state index in [4.69, 9.17) is 9.90 Å². The number of alkyl halides is 3. The fourth-order valence-corrected chi connectivity index (χ4v) is 4.44.